The van der Waals surface area contributed by atoms with Crippen molar-refractivity contribution in [2.45, 2.75) is 6.04 Å². The first-order valence-electron chi connectivity index (χ1n) is 2.91. The Morgan fingerprint density at radius 2 is 1.92 bits per heavy atom. The summed E-state index contributed by atoms with van der Waals surface area (Å²) in [7, 11) is 0. The first kappa shape index (κ1) is 14.1. The summed E-state index contributed by atoms with van der Waals surface area (Å²) >= 11 is 0. The van der Waals surface area contributed by atoms with Crippen molar-refractivity contribution in [3.63, 3.8) is 0 Å². The summed E-state index contributed by atoms with van der Waals surface area (Å²) in [6, 6.07) is 0.218. The molecule has 4 nitrogen and oxygen atoms in total. The van der Waals surface area contributed by atoms with E-state index >= 15 is 0 Å². The van der Waals surface area contributed by atoms with Gasteiger partial charge in [-0.15, -0.1) is 0 Å². The van der Waals surface area contributed by atoms with Crippen molar-refractivity contribution in [1.82, 2.24) is 0 Å². The Balaban J connectivity index is 0. The molecule has 4 N–H and O–H groups in total. The molecule has 2 aliphatic rings. The third kappa shape index (κ3) is 2.52. The van der Waals surface area contributed by atoms with Gasteiger partial charge >= 0.3 is 23.1 Å². The van der Waals surface area contributed by atoms with Gasteiger partial charge in [-0.3, -0.25) is 4.99 Å². The maximum absolute atomic E-state index is 4.09. The summed E-state index contributed by atoms with van der Waals surface area (Å²) in [6.45, 7) is 0. The van der Waals surface area contributed by atoms with Gasteiger partial charge < -0.3 is 11.0 Å². The largest absolute Gasteiger partial charge is 0.412 e. The van der Waals surface area contributed by atoms with Crippen LogP contribution in [-0.2, 0) is 0 Å². The molecule has 1 aliphatic carbocycles. The van der Waals surface area contributed by atoms with E-state index in [4.69, 9.17) is 0 Å². The van der Waals surface area contributed by atoms with Gasteiger partial charge in [0.15, 0.2) is 0 Å². The van der Waals surface area contributed by atoms with Crippen molar-refractivity contribution in [1.29, 1.82) is 0 Å². The molecule has 1 atom stereocenters. The number of nitrogens with zero attached hydrogens (tertiary/aromatic N) is 2. The van der Waals surface area contributed by atoms with Crippen LogP contribution in [-0.4, -0.2) is 52.1 Å². The molecule has 5 heteroatoms. The lowest BCUT2D eigenvalue weighted by Crippen LogP contribution is -2.11. The minimum Gasteiger partial charge on any atom is -0.412 e. The lowest BCUT2D eigenvalue weighted by molar-refractivity contribution is 0.823. The number of rotatable bonds is 0. The lowest BCUT2D eigenvalue weighted by Gasteiger charge is -2.02. The van der Waals surface area contributed by atoms with Crippen LogP contribution in [0.5, 0.6) is 0 Å². The Kier molecular flexibility index (Phi) is 7.11. The molecular weight excluding hydrogens is 168 g/mol. The van der Waals surface area contributed by atoms with Crippen LogP contribution in [0.15, 0.2) is 34.3 Å². The third-order valence-electron chi connectivity index (χ3n) is 1.41. The summed E-state index contributed by atoms with van der Waals surface area (Å²) in [4.78, 5) is 8.14. The molecule has 0 aromatic rings. The smallest absolute Gasteiger partial charge is 0.316 e. The van der Waals surface area contributed by atoms with E-state index in [2.05, 4.69) is 9.98 Å². The van der Waals surface area contributed by atoms with Gasteiger partial charge in [-0.25, -0.2) is 4.99 Å². The third-order valence-corrected chi connectivity index (χ3v) is 1.41. The fourth-order valence-electron chi connectivity index (χ4n) is 0.938. The van der Waals surface area contributed by atoms with E-state index in [9.17, 15) is 0 Å². The predicted octanol–water partition coefficient (Wildman–Crippen LogP) is -1.60. The van der Waals surface area contributed by atoms with Gasteiger partial charge in [-0.2, -0.15) is 0 Å². The monoisotopic (exact) mass is 180 g/mol. The maximum atomic E-state index is 4.09. The van der Waals surface area contributed by atoms with Crippen LogP contribution in [0.4, 0.5) is 0 Å². The average Bonchev–Trinajstić information content (AvgIpc) is 2.33. The maximum Gasteiger partial charge on any atom is 0.316 e. The molecule has 1 heterocycles. The van der Waals surface area contributed by atoms with Gasteiger partial charge in [0, 0.05) is 0 Å². The molecule has 1 aliphatic heterocycles. The fraction of sp³-hybridized carbons (Fsp3) is 0.143. The van der Waals surface area contributed by atoms with Crippen molar-refractivity contribution in [3.05, 3.63) is 24.3 Å². The van der Waals surface area contributed by atoms with Gasteiger partial charge in [-0.05, 0) is 6.08 Å². The number of aliphatic imine (C=N–C) groups is 2. The normalized spacial score (nSPS) is 21.3. The fourth-order valence-corrected chi connectivity index (χ4v) is 0.938. The van der Waals surface area contributed by atoms with Crippen molar-refractivity contribution in [3.8, 4) is 0 Å². The summed E-state index contributed by atoms with van der Waals surface area (Å²) in [5.41, 5.74) is 1.05. The van der Waals surface area contributed by atoms with E-state index in [1.807, 2.05) is 24.3 Å². The molecule has 0 saturated heterocycles. The Bertz CT molecular complexity index is 246. The molecule has 0 aromatic heterocycles. The Hall–Kier alpha value is -0.494. The highest BCUT2D eigenvalue weighted by molar-refractivity contribution is 6.08. The molecule has 0 amide bonds. The van der Waals surface area contributed by atoms with Gasteiger partial charge in [0.2, 0.25) is 0 Å². The quantitative estimate of drug-likeness (QED) is 0.402. The van der Waals surface area contributed by atoms with Crippen LogP contribution in [0.3, 0.4) is 0 Å². The van der Waals surface area contributed by atoms with Crippen LogP contribution in [0.1, 0.15) is 0 Å². The van der Waals surface area contributed by atoms with E-state index in [0.29, 0.717) is 0 Å². The summed E-state index contributed by atoms with van der Waals surface area (Å²) in [5, 5.41) is 0. The Morgan fingerprint density at radius 3 is 2.58 bits per heavy atom. The SMILES string of the molecule is C1=CC2=NC=NC2C=C1.O.O.[MgH2]. The molecular formula is C7H12MgN2O2. The number of allylic oxidation sites excluding steroid dienone is 2. The van der Waals surface area contributed by atoms with Crippen LogP contribution in [0.2, 0.25) is 0 Å². The molecule has 0 spiro atoms. The minimum atomic E-state index is 0. The zero-order valence-electron chi connectivity index (χ0n) is 5.86. The Labute approximate surface area is 86.6 Å². The first-order valence-corrected chi connectivity index (χ1v) is 2.91. The predicted molar refractivity (Wildman–Crippen MR) is 53.8 cm³/mol. The van der Waals surface area contributed by atoms with Gasteiger partial charge in [0.1, 0.15) is 12.4 Å². The zero-order chi connectivity index (χ0) is 6.10. The highest BCUT2D eigenvalue weighted by Crippen LogP contribution is 2.08. The zero-order valence-corrected chi connectivity index (χ0v) is 5.86. The molecule has 2 rings (SSSR count). The van der Waals surface area contributed by atoms with Crippen LogP contribution >= 0.6 is 0 Å². The van der Waals surface area contributed by atoms with Crippen LogP contribution < -0.4 is 0 Å². The summed E-state index contributed by atoms with van der Waals surface area (Å²) in [6.07, 6.45) is 9.59. The topological polar surface area (TPSA) is 87.7 Å². The van der Waals surface area contributed by atoms with Crippen molar-refractivity contribution in [2.24, 2.45) is 9.98 Å². The Morgan fingerprint density at radius 1 is 1.17 bits per heavy atom. The van der Waals surface area contributed by atoms with Crippen molar-refractivity contribution < 1.29 is 11.0 Å². The molecule has 1 unspecified atom stereocenters. The summed E-state index contributed by atoms with van der Waals surface area (Å²) < 4.78 is 0. The highest BCUT2D eigenvalue weighted by atomic mass is 24.3. The van der Waals surface area contributed by atoms with E-state index in [1.165, 1.54) is 0 Å². The van der Waals surface area contributed by atoms with E-state index in [0.717, 1.165) is 5.71 Å². The second-order valence-corrected chi connectivity index (χ2v) is 2.01. The molecule has 0 aromatic carbocycles. The van der Waals surface area contributed by atoms with Gasteiger partial charge in [-0.1, -0.05) is 18.2 Å². The molecule has 0 saturated carbocycles. The molecule has 12 heavy (non-hydrogen) atoms. The standard InChI is InChI=1S/C7H6N2.Mg.2H2O.2H/c1-2-4-7-6(3-1)8-5-9-7;;;;;/h1-6H;;2*1H2;;. The van der Waals surface area contributed by atoms with E-state index in [-0.39, 0.29) is 40.0 Å². The van der Waals surface area contributed by atoms with Gasteiger partial charge in [0.25, 0.3) is 0 Å². The second-order valence-electron chi connectivity index (χ2n) is 2.01. The number of hydrogen-bond acceptors (Lipinski definition) is 2. The highest BCUT2D eigenvalue weighted by Gasteiger charge is 2.12. The minimum absolute atomic E-state index is 0. The van der Waals surface area contributed by atoms with Crippen molar-refractivity contribution >= 4 is 35.1 Å². The summed E-state index contributed by atoms with van der Waals surface area (Å²) in [5.74, 6) is 0. The molecule has 64 valence electrons. The van der Waals surface area contributed by atoms with Crippen LogP contribution in [0.25, 0.3) is 0 Å². The van der Waals surface area contributed by atoms with E-state index in [1.54, 1.807) is 6.34 Å². The van der Waals surface area contributed by atoms with Gasteiger partial charge in [0.05, 0.1) is 5.71 Å². The molecule has 0 radical (unpaired) electrons. The molecule has 0 fully saturated rings. The van der Waals surface area contributed by atoms with E-state index < -0.39 is 0 Å². The average molecular weight is 180 g/mol. The van der Waals surface area contributed by atoms with Crippen LogP contribution in [0, 0.1) is 0 Å². The first-order chi connectivity index (χ1) is 4.47. The number of hydrogen-bond donors (Lipinski definition) is 0. The number of fused-ring (bicyclic) bond motifs is 1. The molecule has 0 bridgehead atoms. The lowest BCUT2D eigenvalue weighted by atomic mass is 10.1. The second kappa shape index (κ2) is 6.07. The van der Waals surface area contributed by atoms with Crippen molar-refractivity contribution in [2.75, 3.05) is 0 Å².